The van der Waals surface area contributed by atoms with E-state index in [-0.39, 0.29) is 0 Å². The molecule has 66 valence electrons. The summed E-state index contributed by atoms with van der Waals surface area (Å²) >= 11 is 0. The summed E-state index contributed by atoms with van der Waals surface area (Å²) in [5.41, 5.74) is 6.45. The van der Waals surface area contributed by atoms with E-state index in [2.05, 4.69) is 15.0 Å². The molecule has 0 aromatic carbocycles. The molecule has 0 fully saturated rings. The van der Waals surface area contributed by atoms with E-state index in [1.807, 2.05) is 10.8 Å². The van der Waals surface area contributed by atoms with Gasteiger partial charge in [-0.25, -0.2) is 15.0 Å². The lowest BCUT2D eigenvalue weighted by Crippen LogP contribution is -2.05. The van der Waals surface area contributed by atoms with Crippen LogP contribution in [-0.2, 0) is 6.54 Å². The van der Waals surface area contributed by atoms with Gasteiger partial charge in [-0.05, 0) is 0 Å². The highest BCUT2D eigenvalue weighted by molar-refractivity contribution is 5.30. The van der Waals surface area contributed by atoms with Crippen LogP contribution in [0.15, 0.2) is 31.2 Å². The van der Waals surface area contributed by atoms with Crippen LogP contribution in [-0.4, -0.2) is 19.5 Å². The quantitative estimate of drug-likeness (QED) is 0.703. The van der Waals surface area contributed by atoms with Crippen molar-refractivity contribution in [2.24, 2.45) is 5.73 Å². The van der Waals surface area contributed by atoms with Gasteiger partial charge in [0.1, 0.15) is 18.5 Å². The molecule has 13 heavy (non-hydrogen) atoms. The molecule has 0 amide bonds. The number of rotatable bonds is 2. The second-order valence-corrected chi connectivity index (χ2v) is 2.55. The fourth-order valence-electron chi connectivity index (χ4n) is 1.11. The molecule has 2 heterocycles. The molecule has 2 rings (SSSR count). The summed E-state index contributed by atoms with van der Waals surface area (Å²) in [5.74, 6) is 0.787. The van der Waals surface area contributed by atoms with Gasteiger partial charge in [0.05, 0.1) is 0 Å². The van der Waals surface area contributed by atoms with Crippen LogP contribution in [0.4, 0.5) is 0 Å². The smallest absolute Gasteiger partial charge is 0.145 e. The lowest BCUT2D eigenvalue weighted by Gasteiger charge is -2.04. The second kappa shape index (κ2) is 3.32. The molecule has 0 spiro atoms. The Morgan fingerprint density at radius 1 is 1.38 bits per heavy atom. The van der Waals surface area contributed by atoms with Gasteiger partial charge in [-0.15, -0.1) is 0 Å². The first kappa shape index (κ1) is 7.88. The van der Waals surface area contributed by atoms with E-state index in [1.54, 1.807) is 18.7 Å². The Morgan fingerprint density at radius 2 is 2.31 bits per heavy atom. The minimum Gasteiger partial charge on any atom is -0.326 e. The van der Waals surface area contributed by atoms with E-state index >= 15 is 0 Å². The first-order chi connectivity index (χ1) is 6.42. The van der Waals surface area contributed by atoms with Gasteiger partial charge in [0.15, 0.2) is 0 Å². The van der Waals surface area contributed by atoms with Gasteiger partial charge in [-0.1, -0.05) is 0 Å². The highest BCUT2D eigenvalue weighted by atomic mass is 15.1. The summed E-state index contributed by atoms with van der Waals surface area (Å²) in [6, 6.07) is 0. The van der Waals surface area contributed by atoms with Crippen molar-refractivity contribution in [3.05, 3.63) is 36.8 Å². The number of hydrogen-bond acceptors (Lipinski definition) is 4. The molecule has 2 aromatic rings. The maximum absolute atomic E-state index is 5.54. The van der Waals surface area contributed by atoms with Gasteiger partial charge in [-0.2, -0.15) is 0 Å². The Hall–Kier alpha value is -1.75. The molecule has 0 aliphatic heterocycles. The normalized spacial score (nSPS) is 10.2. The van der Waals surface area contributed by atoms with Crippen molar-refractivity contribution in [1.82, 2.24) is 19.5 Å². The monoisotopic (exact) mass is 175 g/mol. The third kappa shape index (κ3) is 1.41. The lowest BCUT2D eigenvalue weighted by atomic mass is 10.3. The Labute approximate surface area is 75.3 Å². The highest BCUT2D eigenvalue weighted by Crippen LogP contribution is 2.07. The number of hydrogen-bond donors (Lipinski definition) is 1. The van der Waals surface area contributed by atoms with Gasteiger partial charge in [0, 0.05) is 30.7 Å². The zero-order chi connectivity index (χ0) is 9.10. The van der Waals surface area contributed by atoms with E-state index < -0.39 is 0 Å². The van der Waals surface area contributed by atoms with Crippen molar-refractivity contribution in [2.75, 3.05) is 0 Å². The highest BCUT2D eigenvalue weighted by Gasteiger charge is 2.02. The van der Waals surface area contributed by atoms with Crippen LogP contribution in [0.3, 0.4) is 0 Å². The van der Waals surface area contributed by atoms with Crippen LogP contribution < -0.4 is 5.73 Å². The molecule has 0 saturated carbocycles. The van der Waals surface area contributed by atoms with Crippen LogP contribution in [0.25, 0.3) is 5.82 Å². The van der Waals surface area contributed by atoms with Crippen molar-refractivity contribution < 1.29 is 0 Å². The van der Waals surface area contributed by atoms with Crippen molar-refractivity contribution in [1.29, 1.82) is 0 Å². The summed E-state index contributed by atoms with van der Waals surface area (Å²) in [6.07, 6.45) is 8.40. The molecule has 2 aromatic heterocycles. The average Bonchev–Trinajstić information content (AvgIpc) is 2.70. The summed E-state index contributed by atoms with van der Waals surface area (Å²) in [5, 5.41) is 0. The lowest BCUT2D eigenvalue weighted by molar-refractivity contribution is 0.908. The van der Waals surface area contributed by atoms with E-state index in [1.165, 1.54) is 6.33 Å². The summed E-state index contributed by atoms with van der Waals surface area (Å²) in [6.45, 7) is 0.425. The maximum Gasteiger partial charge on any atom is 0.145 e. The Kier molecular flexibility index (Phi) is 2.01. The minimum atomic E-state index is 0.425. The third-order valence-electron chi connectivity index (χ3n) is 1.73. The number of nitrogens with two attached hydrogens (primary N) is 1. The summed E-state index contributed by atoms with van der Waals surface area (Å²) < 4.78 is 1.81. The Morgan fingerprint density at radius 3 is 3.00 bits per heavy atom. The van der Waals surface area contributed by atoms with Crippen molar-refractivity contribution in [3.8, 4) is 5.82 Å². The number of imidazole rings is 1. The molecular weight excluding hydrogens is 166 g/mol. The van der Waals surface area contributed by atoms with Crippen LogP contribution in [0, 0.1) is 0 Å². The molecular formula is C8H9N5. The predicted molar refractivity (Wildman–Crippen MR) is 47.0 cm³/mol. The molecule has 0 unspecified atom stereocenters. The second-order valence-electron chi connectivity index (χ2n) is 2.55. The molecule has 0 aliphatic rings. The van der Waals surface area contributed by atoms with Gasteiger partial charge in [-0.3, -0.25) is 4.57 Å². The van der Waals surface area contributed by atoms with E-state index in [9.17, 15) is 0 Å². The fraction of sp³-hybridized carbons (Fsp3) is 0.125. The molecule has 0 aliphatic carbocycles. The topological polar surface area (TPSA) is 69.6 Å². The molecule has 0 radical (unpaired) electrons. The maximum atomic E-state index is 5.54. The molecule has 5 heteroatoms. The SMILES string of the molecule is NCc1cncnc1-n1ccnc1. The first-order valence-corrected chi connectivity index (χ1v) is 3.89. The van der Waals surface area contributed by atoms with Crippen molar-refractivity contribution in [3.63, 3.8) is 0 Å². The van der Waals surface area contributed by atoms with Crippen LogP contribution in [0.2, 0.25) is 0 Å². The van der Waals surface area contributed by atoms with E-state index in [0.29, 0.717) is 6.54 Å². The van der Waals surface area contributed by atoms with Crippen molar-refractivity contribution in [2.45, 2.75) is 6.54 Å². The zero-order valence-electron chi connectivity index (χ0n) is 6.96. The summed E-state index contributed by atoms with van der Waals surface area (Å²) in [4.78, 5) is 12.0. The van der Waals surface area contributed by atoms with Crippen molar-refractivity contribution >= 4 is 0 Å². The Bertz CT molecular complexity index is 381. The largest absolute Gasteiger partial charge is 0.326 e. The standard InChI is InChI=1S/C8H9N5/c9-3-7-4-11-5-12-8(7)13-2-1-10-6-13/h1-2,4-6H,3,9H2. The van der Waals surface area contributed by atoms with Crippen LogP contribution >= 0.6 is 0 Å². The Balaban J connectivity index is 2.51. The van der Waals surface area contributed by atoms with Gasteiger partial charge < -0.3 is 5.73 Å². The third-order valence-corrected chi connectivity index (χ3v) is 1.73. The van der Waals surface area contributed by atoms with Crippen LogP contribution in [0.5, 0.6) is 0 Å². The van der Waals surface area contributed by atoms with Gasteiger partial charge in [0.25, 0.3) is 0 Å². The van der Waals surface area contributed by atoms with Gasteiger partial charge >= 0.3 is 0 Å². The molecule has 2 N–H and O–H groups in total. The number of aromatic nitrogens is 4. The fourth-order valence-corrected chi connectivity index (χ4v) is 1.11. The van der Waals surface area contributed by atoms with Crippen LogP contribution in [0.1, 0.15) is 5.56 Å². The van der Waals surface area contributed by atoms with E-state index in [4.69, 9.17) is 5.73 Å². The zero-order valence-corrected chi connectivity index (χ0v) is 6.96. The average molecular weight is 175 g/mol. The number of nitrogens with zero attached hydrogens (tertiary/aromatic N) is 4. The van der Waals surface area contributed by atoms with E-state index in [0.717, 1.165) is 11.4 Å². The molecule has 0 saturated heterocycles. The molecule has 0 bridgehead atoms. The molecule has 0 atom stereocenters. The summed E-state index contributed by atoms with van der Waals surface area (Å²) in [7, 11) is 0. The predicted octanol–water partition coefficient (Wildman–Crippen LogP) is 0.121. The minimum absolute atomic E-state index is 0.425. The molecule has 5 nitrogen and oxygen atoms in total. The first-order valence-electron chi connectivity index (χ1n) is 3.89. The van der Waals surface area contributed by atoms with Gasteiger partial charge in [0.2, 0.25) is 0 Å².